The molecule has 144 valence electrons. The molecule has 2 heterocycles. The van der Waals surface area contributed by atoms with E-state index in [0.29, 0.717) is 11.8 Å². The van der Waals surface area contributed by atoms with E-state index >= 15 is 0 Å². The van der Waals surface area contributed by atoms with E-state index in [0.717, 1.165) is 59.6 Å². The topological polar surface area (TPSA) is 61.3 Å². The molecular formula is C22H23BrN4O. The Morgan fingerprint density at radius 2 is 1.86 bits per heavy atom. The van der Waals surface area contributed by atoms with Crippen LogP contribution >= 0.6 is 15.9 Å². The van der Waals surface area contributed by atoms with Gasteiger partial charge in [-0.3, -0.25) is 0 Å². The molecule has 2 aliphatic rings. The summed E-state index contributed by atoms with van der Waals surface area (Å²) in [6, 6.07) is 16.8. The van der Waals surface area contributed by atoms with Crippen LogP contribution in [-0.4, -0.2) is 40.8 Å². The van der Waals surface area contributed by atoms with Crippen LogP contribution in [0.1, 0.15) is 24.3 Å². The fourth-order valence-corrected chi connectivity index (χ4v) is 4.41. The third kappa shape index (κ3) is 3.47. The second kappa shape index (κ2) is 7.33. The van der Waals surface area contributed by atoms with Crippen molar-refractivity contribution in [2.45, 2.75) is 24.9 Å². The van der Waals surface area contributed by atoms with E-state index in [4.69, 9.17) is 9.97 Å². The number of aliphatic hydroxyl groups excluding tert-OH is 1. The van der Waals surface area contributed by atoms with Gasteiger partial charge in [-0.2, -0.15) is 4.98 Å². The molecule has 5 nitrogen and oxygen atoms in total. The number of nitrogens with one attached hydrogen (secondary N) is 1. The summed E-state index contributed by atoms with van der Waals surface area (Å²) in [5.74, 6) is 2.73. The van der Waals surface area contributed by atoms with Gasteiger partial charge in [0.15, 0.2) is 0 Å². The van der Waals surface area contributed by atoms with E-state index in [9.17, 15) is 5.11 Å². The van der Waals surface area contributed by atoms with Crippen molar-refractivity contribution in [2.75, 3.05) is 29.9 Å². The molecule has 1 aromatic heterocycles. The Labute approximate surface area is 172 Å². The van der Waals surface area contributed by atoms with Crippen LogP contribution in [0.5, 0.6) is 0 Å². The van der Waals surface area contributed by atoms with Crippen molar-refractivity contribution in [3.8, 4) is 0 Å². The molecule has 2 fully saturated rings. The summed E-state index contributed by atoms with van der Waals surface area (Å²) in [6.45, 7) is 2.72. The molecule has 0 spiro atoms. The van der Waals surface area contributed by atoms with Crippen molar-refractivity contribution < 1.29 is 5.11 Å². The van der Waals surface area contributed by atoms with Gasteiger partial charge in [-0.05, 0) is 42.5 Å². The predicted molar refractivity (Wildman–Crippen MR) is 116 cm³/mol. The number of hydrogen-bond donors (Lipinski definition) is 2. The van der Waals surface area contributed by atoms with Crippen molar-refractivity contribution in [3.05, 3.63) is 58.6 Å². The van der Waals surface area contributed by atoms with Gasteiger partial charge in [-0.25, -0.2) is 4.98 Å². The molecular weight excluding hydrogens is 416 g/mol. The van der Waals surface area contributed by atoms with E-state index in [1.54, 1.807) is 0 Å². The number of hydrogen-bond acceptors (Lipinski definition) is 5. The third-order valence-corrected chi connectivity index (χ3v) is 6.34. The second-order valence-electron chi connectivity index (χ2n) is 7.92. The number of benzene rings is 2. The maximum Gasteiger partial charge on any atom is 0.227 e. The average Bonchev–Trinajstić information content (AvgIpc) is 2.64. The lowest BCUT2D eigenvalue weighted by Gasteiger charge is -2.39. The van der Waals surface area contributed by atoms with E-state index in [2.05, 4.69) is 62.5 Å². The zero-order chi connectivity index (χ0) is 19.1. The Balaban J connectivity index is 1.38. The fourth-order valence-electron chi connectivity index (χ4n) is 4.05. The maximum absolute atomic E-state index is 9.53. The Morgan fingerprint density at radius 3 is 2.61 bits per heavy atom. The highest BCUT2D eigenvalue weighted by molar-refractivity contribution is 9.10. The summed E-state index contributed by atoms with van der Waals surface area (Å²) in [6.07, 6.45) is 1.61. The number of aliphatic hydroxyl groups is 1. The van der Waals surface area contributed by atoms with Gasteiger partial charge in [-0.1, -0.05) is 46.3 Å². The molecule has 2 N–H and O–H groups in total. The minimum atomic E-state index is -0.130. The molecule has 28 heavy (non-hydrogen) atoms. The SMILES string of the molecule is OC1CC(CNc2nc(N3CC(c4ccccc4)C3)nc3ccc(Br)cc23)C1. The third-order valence-electron chi connectivity index (χ3n) is 5.85. The standard InChI is InChI=1S/C22H23BrN4O/c23-17-6-7-20-19(10-17)21(24-11-14-8-18(28)9-14)26-22(25-20)27-12-16(13-27)15-4-2-1-3-5-15/h1-7,10,14,16,18,28H,8-9,11-13H2,(H,24,25,26). The Morgan fingerprint density at radius 1 is 1.07 bits per heavy atom. The normalized spacial score (nSPS) is 22.0. The van der Waals surface area contributed by atoms with Crippen LogP contribution in [0.3, 0.4) is 0 Å². The number of nitrogens with zero attached hydrogens (tertiary/aromatic N) is 3. The first-order valence-electron chi connectivity index (χ1n) is 9.85. The van der Waals surface area contributed by atoms with Gasteiger partial charge in [-0.15, -0.1) is 0 Å². The van der Waals surface area contributed by atoms with E-state index in [-0.39, 0.29) is 6.10 Å². The van der Waals surface area contributed by atoms with Gasteiger partial charge in [0.1, 0.15) is 5.82 Å². The van der Waals surface area contributed by atoms with Crippen molar-refractivity contribution in [1.82, 2.24) is 9.97 Å². The monoisotopic (exact) mass is 438 g/mol. The molecule has 3 aromatic rings. The highest BCUT2D eigenvalue weighted by atomic mass is 79.9. The Hall–Kier alpha value is -2.18. The highest BCUT2D eigenvalue weighted by Crippen LogP contribution is 2.34. The van der Waals surface area contributed by atoms with Crippen LogP contribution < -0.4 is 10.2 Å². The van der Waals surface area contributed by atoms with E-state index in [1.165, 1.54) is 5.56 Å². The zero-order valence-corrected chi connectivity index (χ0v) is 17.1. The lowest BCUT2D eigenvalue weighted by Crippen LogP contribution is -2.46. The van der Waals surface area contributed by atoms with Crippen LogP contribution in [-0.2, 0) is 0 Å². The van der Waals surface area contributed by atoms with Crippen LogP contribution in [0.25, 0.3) is 10.9 Å². The Kier molecular flexibility index (Phi) is 4.69. The largest absolute Gasteiger partial charge is 0.393 e. The summed E-state index contributed by atoms with van der Waals surface area (Å²) < 4.78 is 1.02. The molecule has 1 saturated carbocycles. The first-order chi connectivity index (χ1) is 13.7. The van der Waals surface area contributed by atoms with E-state index < -0.39 is 0 Å². The molecule has 0 atom stereocenters. The van der Waals surface area contributed by atoms with Gasteiger partial charge >= 0.3 is 0 Å². The molecule has 0 amide bonds. The minimum Gasteiger partial charge on any atom is -0.393 e. The van der Waals surface area contributed by atoms with Crippen molar-refractivity contribution in [2.24, 2.45) is 5.92 Å². The molecule has 5 rings (SSSR count). The van der Waals surface area contributed by atoms with Crippen LogP contribution in [0.4, 0.5) is 11.8 Å². The quantitative estimate of drug-likeness (QED) is 0.625. The van der Waals surface area contributed by atoms with Crippen molar-refractivity contribution in [3.63, 3.8) is 0 Å². The summed E-state index contributed by atoms with van der Waals surface area (Å²) >= 11 is 3.56. The molecule has 1 saturated heterocycles. The first kappa shape index (κ1) is 17.9. The Bertz CT molecular complexity index is 984. The summed E-state index contributed by atoms with van der Waals surface area (Å²) in [4.78, 5) is 11.9. The first-order valence-corrected chi connectivity index (χ1v) is 10.6. The molecule has 0 unspecified atom stereocenters. The fraction of sp³-hybridized carbons (Fsp3) is 0.364. The van der Waals surface area contributed by atoms with Crippen molar-refractivity contribution in [1.29, 1.82) is 0 Å². The van der Waals surface area contributed by atoms with Crippen LogP contribution in [0.2, 0.25) is 0 Å². The molecule has 0 bridgehead atoms. The average molecular weight is 439 g/mol. The molecule has 1 aliphatic heterocycles. The molecule has 0 radical (unpaired) electrons. The minimum absolute atomic E-state index is 0.130. The number of halogens is 1. The summed E-state index contributed by atoms with van der Waals surface area (Å²) in [5, 5.41) is 14.1. The van der Waals surface area contributed by atoms with Crippen LogP contribution in [0.15, 0.2) is 53.0 Å². The van der Waals surface area contributed by atoms with Gasteiger partial charge in [0, 0.05) is 35.4 Å². The summed E-state index contributed by atoms with van der Waals surface area (Å²) in [7, 11) is 0. The highest BCUT2D eigenvalue weighted by Gasteiger charge is 2.31. The van der Waals surface area contributed by atoms with E-state index in [1.807, 2.05) is 12.1 Å². The molecule has 2 aromatic carbocycles. The van der Waals surface area contributed by atoms with Crippen molar-refractivity contribution >= 4 is 38.6 Å². The van der Waals surface area contributed by atoms with Gasteiger partial charge in [0.25, 0.3) is 0 Å². The number of rotatable bonds is 5. The number of anilines is 2. The number of fused-ring (bicyclic) bond motifs is 1. The molecule has 1 aliphatic carbocycles. The summed E-state index contributed by atoms with van der Waals surface area (Å²) in [5.41, 5.74) is 2.33. The molecule has 6 heteroatoms. The lowest BCUT2D eigenvalue weighted by molar-refractivity contribution is 0.0486. The zero-order valence-electron chi connectivity index (χ0n) is 15.6. The van der Waals surface area contributed by atoms with Gasteiger partial charge in [0.05, 0.1) is 11.6 Å². The predicted octanol–water partition coefficient (Wildman–Crippen LogP) is 4.18. The lowest BCUT2D eigenvalue weighted by atomic mass is 9.82. The van der Waals surface area contributed by atoms with Gasteiger partial charge < -0.3 is 15.3 Å². The smallest absolute Gasteiger partial charge is 0.227 e. The second-order valence-corrected chi connectivity index (χ2v) is 8.83. The van der Waals surface area contributed by atoms with Gasteiger partial charge in [0.2, 0.25) is 5.95 Å². The number of aromatic nitrogens is 2. The van der Waals surface area contributed by atoms with Crippen LogP contribution in [0, 0.1) is 5.92 Å². The maximum atomic E-state index is 9.53.